The van der Waals surface area contributed by atoms with Gasteiger partial charge >= 0.3 is 0 Å². The van der Waals surface area contributed by atoms with Crippen LogP contribution < -0.4 is 4.74 Å². The molecular weight excluding hydrogens is 251 g/mol. The minimum absolute atomic E-state index is 0.508. The van der Waals surface area contributed by atoms with Gasteiger partial charge in [0, 0.05) is 3.57 Å². The molecule has 1 aliphatic carbocycles. The Morgan fingerprint density at radius 2 is 2.18 bits per heavy atom. The van der Waals surface area contributed by atoms with Crippen molar-refractivity contribution in [3.63, 3.8) is 0 Å². The monoisotopic (exact) mass is 260 g/mol. The smallest absolute Gasteiger partial charge is 0.120 e. The van der Waals surface area contributed by atoms with Gasteiger partial charge in [-0.2, -0.15) is 0 Å². The largest absolute Gasteiger partial charge is 0.490 e. The molecule has 0 unspecified atom stereocenters. The van der Waals surface area contributed by atoms with Gasteiger partial charge in [0.05, 0.1) is 6.10 Å². The van der Waals surface area contributed by atoms with Crippen LogP contribution in [0.1, 0.15) is 12.8 Å². The summed E-state index contributed by atoms with van der Waals surface area (Å²) in [5.41, 5.74) is 0. The predicted octanol–water partition coefficient (Wildman–Crippen LogP) is 2.83. The van der Waals surface area contributed by atoms with Crippen LogP contribution >= 0.6 is 22.6 Å². The lowest BCUT2D eigenvalue weighted by molar-refractivity contribution is 0.303. The van der Waals surface area contributed by atoms with E-state index < -0.39 is 0 Å². The van der Waals surface area contributed by atoms with E-state index in [9.17, 15) is 0 Å². The molecule has 0 heterocycles. The molecule has 0 spiro atoms. The van der Waals surface area contributed by atoms with Crippen LogP contribution in [0.3, 0.4) is 0 Å². The van der Waals surface area contributed by atoms with Crippen molar-refractivity contribution in [2.45, 2.75) is 18.9 Å². The Hall–Kier alpha value is -0.250. The molecule has 1 aromatic rings. The topological polar surface area (TPSA) is 9.23 Å². The molecule has 0 bridgehead atoms. The van der Waals surface area contributed by atoms with Gasteiger partial charge in [-0.1, -0.05) is 6.07 Å². The Labute approximate surface area is 79.9 Å². The molecule has 1 fully saturated rings. The van der Waals surface area contributed by atoms with Crippen LogP contribution in [0.15, 0.2) is 24.3 Å². The lowest BCUT2D eigenvalue weighted by atomic mass is 10.3. The molecule has 0 saturated heterocycles. The highest BCUT2D eigenvalue weighted by Crippen LogP contribution is 2.27. The highest BCUT2D eigenvalue weighted by molar-refractivity contribution is 14.1. The summed E-state index contributed by atoms with van der Waals surface area (Å²) < 4.78 is 6.84. The van der Waals surface area contributed by atoms with Crippen LogP contribution in [0, 0.1) is 3.57 Å². The second-order valence-corrected chi connectivity index (χ2v) is 4.02. The first kappa shape index (κ1) is 7.40. The van der Waals surface area contributed by atoms with E-state index in [0.29, 0.717) is 6.10 Å². The summed E-state index contributed by atoms with van der Waals surface area (Å²) >= 11 is 2.29. The van der Waals surface area contributed by atoms with Crippen LogP contribution in [0.25, 0.3) is 0 Å². The van der Waals surface area contributed by atoms with Gasteiger partial charge in [0.25, 0.3) is 0 Å². The van der Waals surface area contributed by atoms with Gasteiger partial charge in [0.15, 0.2) is 0 Å². The predicted molar refractivity (Wildman–Crippen MR) is 52.8 cm³/mol. The number of rotatable bonds is 2. The lowest BCUT2D eigenvalue weighted by Gasteiger charge is -2.02. The fourth-order valence-corrected chi connectivity index (χ4v) is 1.43. The Bertz CT molecular complexity index is 255. The molecular formula is C9H9IO. The van der Waals surface area contributed by atoms with E-state index in [-0.39, 0.29) is 0 Å². The summed E-state index contributed by atoms with van der Waals surface area (Å²) in [4.78, 5) is 0. The summed E-state index contributed by atoms with van der Waals surface area (Å²) in [7, 11) is 0. The first-order chi connectivity index (χ1) is 5.34. The minimum Gasteiger partial charge on any atom is -0.490 e. The van der Waals surface area contributed by atoms with Crippen molar-refractivity contribution in [2.75, 3.05) is 0 Å². The number of hydrogen-bond donors (Lipinski definition) is 0. The molecule has 1 aromatic carbocycles. The zero-order chi connectivity index (χ0) is 7.68. The quantitative estimate of drug-likeness (QED) is 0.743. The second kappa shape index (κ2) is 3.01. The average Bonchev–Trinajstić information content (AvgIpc) is 2.71. The maximum Gasteiger partial charge on any atom is 0.120 e. The molecule has 11 heavy (non-hydrogen) atoms. The molecule has 0 N–H and O–H groups in total. The molecule has 1 aliphatic rings. The molecule has 2 heteroatoms. The Kier molecular flexibility index (Phi) is 2.02. The minimum atomic E-state index is 0.508. The highest BCUT2D eigenvalue weighted by Gasteiger charge is 2.23. The van der Waals surface area contributed by atoms with Gasteiger partial charge in [-0.15, -0.1) is 0 Å². The molecule has 0 atom stereocenters. The van der Waals surface area contributed by atoms with Crippen molar-refractivity contribution in [3.8, 4) is 5.75 Å². The van der Waals surface area contributed by atoms with Gasteiger partial charge in [-0.25, -0.2) is 0 Å². The van der Waals surface area contributed by atoms with Crippen LogP contribution in [0.5, 0.6) is 5.75 Å². The van der Waals surface area contributed by atoms with Crippen LogP contribution in [-0.4, -0.2) is 6.10 Å². The van der Waals surface area contributed by atoms with Gasteiger partial charge in [0.2, 0.25) is 0 Å². The zero-order valence-corrected chi connectivity index (χ0v) is 8.24. The van der Waals surface area contributed by atoms with Gasteiger partial charge in [-0.3, -0.25) is 0 Å². The van der Waals surface area contributed by atoms with Crippen molar-refractivity contribution >= 4 is 22.6 Å². The summed E-state index contributed by atoms with van der Waals surface area (Å²) in [6, 6.07) is 8.18. The highest BCUT2D eigenvalue weighted by atomic mass is 127. The lowest BCUT2D eigenvalue weighted by Crippen LogP contribution is -1.95. The van der Waals surface area contributed by atoms with Crippen LogP contribution in [0.4, 0.5) is 0 Å². The van der Waals surface area contributed by atoms with E-state index >= 15 is 0 Å². The number of benzene rings is 1. The molecule has 0 amide bonds. The summed E-state index contributed by atoms with van der Waals surface area (Å²) in [5, 5.41) is 0. The maximum absolute atomic E-state index is 5.60. The fraction of sp³-hybridized carbons (Fsp3) is 0.333. The fourth-order valence-electron chi connectivity index (χ4n) is 0.919. The zero-order valence-electron chi connectivity index (χ0n) is 6.09. The number of hydrogen-bond acceptors (Lipinski definition) is 1. The molecule has 1 nitrogen and oxygen atoms in total. The maximum atomic E-state index is 5.60. The van der Waals surface area contributed by atoms with E-state index in [1.165, 1.54) is 16.4 Å². The summed E-state index contributed by atoms with van der Waals surface area (Å²) in [6.45, 7) is 0. The molecule has 2 rings (SSSR count). The normalized spacial score (nSPS) is 16.5. The van der Waals surface area contributed by atoms with Gasteiger partial charge < -0.3 is 4.74 Å². The second-order valence-electron chi connectivity index (χ2n) is 2.77. The standard InChI is InChI=1S/C9H9IO/c10-7-2-1-3-9(6-7)11-8-4-5-8/h1-3,6,8H,4-5H2. The summed E-state index contributed by atoms with van der Waals surface area (Å²) in [5.74, 6) is 1.01. The first-order valence-corrected chi connectivity index (χ1v) is 4.85. The van der Waals surface area contributed by atoms with E-state index in [1.54, 1.807) is 0 Å². The summed E-state index contributed by atoms with van der Waals surface area (Å²) in [6.07, 6.45) is 2.96. The van der Waals surface area contributed by atoms with Crippen molar-refractivity contribution in [1.82, 2.24) is 0 Å². The molecule has 1 saturated carbocycles. The van der Waals surface area contributed by atoms with Crippen molar-refractivity contribution in [3.05, 3.63) is 27.8 Å². The van der Waals surface area contributed by atoms with Crippen molar-refractivity contribution in [1.29, 1.82) is 0 Å². The van der Waals surface area contributed by atoms with Gasteiger partial charge in [-0.05, 0) is 53.6 Å². The van der Waals surface area contributed by atoms with Crippen LogP contribution in [-0.2, 0) is 0 Å². The van der Waals surface area contributed by atoms with E-state index in [1.807, 2.05) is 12.1 Å². The third kappa shape index (κ3) is 2.09. The van der Waals surface area contributed by atoms with Gasteiger partial charge in [0.1, 0.15) is 5.75 Å². The molecule has 0 radical (unpaired) electrons. The molecule has 0 aliphatic heterocycles. The third-order valence-electron chi connectivity index (χ3n) is 1.62. The number of halogens is 1. The molecule has 0 aromatic heterocycles. The van der Waals surface area contributed by atoms with E-state index in [2.05, 4.69) is 34.7 Å². The Balaban J connectivity index is 2.10. The number of ether oxygens (including phenoxy) is 1. The third-order valence-corrected chi connectivity index (χ3v) is 2.29. The van der Waals surface area contributed by atoms with E-state index in [0.717, 1.165) is 5.75 Å². The average molecular weight is 260 g/mol. The van der Waals surface area contributed by atoms with Crippen molar-refractivity contribution in [2.24, 2.45) is 0 Å². The van der Waals surface area contributed by atoms with E-state index in [4.69, 9.17) is 4.74 Å². The molecule has 58 valence electrons. The Morgan fingerprint density at radius 3 is 2.82 bits per heavy atom. The van der Waals surface area contributed by atoms with Crippen molar-refractivity contribution < 1.29 is 4.74 Å². The first-order valence-electron chi connectivity index (χ1n) is 3.77. The SMILES string of the molecule is Ic1cccc(OC2CC2)c1. The van der Waals surface area contributed by atoms with Crippen LogP contribution in [0.2, 0.25) is 0 Å². The Morgan fingerprint density at radius 1 is 1.36 bits per heavy atom.